The quantitative estimate of drug-likeness (QED) is 0.841. The molecule has 0 saturated carbocycles. The second-order valence-corrected chi connectivity index (χ2v) is 6.81. The summed E-state index contributed by atoms with van der Waals surface area (Å²) in [6, 6.07) is 17.6. The van der Waals surface area contributed by atoms with Crippen LogP contribution < -0.4 is 15.3 Å². The largest absolute Gasteiger partial charge is 0.374 e. The number of para-hydroxylation sites is 1. The lowest BCUT2D eigenvalue weighted by atomic mass is 9.85. The fourth-order valence-electron chi connectivity index (χ4n) is 3.93. The van der Waals surface area contributed by atoms with Crippen molar-refractivity contribution >= 4 is 17.3 Å². The van der Waals surface area contributed by atoms with Crippen LogP contribution in [0.5, 0.6) is 0 Å². The van der Waals surface area contributed by atoms with Crippen LogP contribution in [0, 0.1) is 0 Å². The number of nitrogens with zero attached hydrogens (tertiary/aromatic N) is 2. The third-order valence-corrected chi connectivity index (χ3v) is 5.40. The van der Waals surface area contributed by atoms with E-state index in [1.807, 2.05) is 0 Å². The van der Waals surface area contributed by atoms with Gasteiger partial charge in [-0.3, -0.25) is 0 Å². The molecule has 1 unspecified atom stereocenters. The lowest BCUT2D eigenvalue weighted by Gasteiger charge is -2.31. The van der Waals surface area contributed by atoms with Crippen molar-refractivity contribution in [1.82, 2.24) is 4.90 Å². The van der Waals surface area contributed by atoms with Crippen LogP contribution in [0.25, 0.3) is 11.6 Å². The predicted molar refractivity (Wildman–Crippen MR) is 111 cm³/mol. The Bertz CT molecular complexity index is 968. The molecule has 2 aliphatic heterocycles. The first-order valence-electron chi connectivity index (χ1n) is 9.57. The van der Waals surface area contributed by atoms with Crippen LogP contribution in [-0.4, -0.2) is 24.5 Å². The van der Waals surface area contributed by atoms with Gasteiger partial charge in [-0.15, -0.1) is 0 Å². The molecule has 0 aromatic heterocycles. The lowest BCUT2D eigenvalue weighted by Crippen LogP contribution is -2.32. The van der Waals surface area contributed by atoms with Crippen LogP contribution in [-0.2, 0) is 0 Å². The van der Waals surface area contributed by atoms with Crippen molar-refractivity contribution in [1.29, 1.82) is 0 Å². The molecule has 132 valence electrons. The van der Waals surface area contributed by atoms with Gasteiger partial charge in [0.05, 0.1) is 0 Å². The maximum Gasteiger partial charge on any atom is 0.0447 e. The normalized spacial score (nSPS) is 23.3. The van der Waals surface area contributed by atoms with Gasteiger partial charge in [0.2, 0.25) is 0 Å². The molecule has 0 amide bonds. The van der Waals surface area contributed by atoms with Gasteiger partial charge in [0.25, 0.3) is 0 Å². The van der Waals surface area contributed by atoms with E-state index in [9.17, 15) is 0 Å². The highest BCUT2D eigenvalue weighted by molar-refractivity contribution is 5.74. The van der Waals surface area contributed by atoms with E-state index in [2.05, 4.69) is 103 Å². The number of rotatable bonds is 3. The summed E-state index contributed by atoms with van der Waals surface area (Å²) in [5.74, 6) is 0.275. The topological polar surface area (TPSA) is 6.48 Å². The summed E-state index contributed by atoms with van der Waals surface area (Å²) in [6.45, 7) is 7.37. The van der Waals surface area contributed by atoms with Crippen LogP contribution in [0.2, 0.25) is 0 Å². The second-order valence-electron chi connectivity index (χ2n) is 6.81. The monoisotopic (exact) mass is 342 g/mol. The standard InChI is InChI=1S/C24H26N2/c1-3-25-16-13-19-9-5-6-10-20(19)21(14-17-25)22-15-18-26(4-2)24-12-8-7-11-23(22)24/h5-15,17-18,22H,3-4,16H2,1-2H3/b17-14-,19-13-,21-20+. The van der Waals surface area contributed by atoms with Crippen molar-refractivity contribution in [3.8, 4) is 0 Å². The Kier molecular flexibility index (Phi) is 4.66. The Morgan fingerprint density at radius 2 is 1.73 bits per heavy atom. The Labute approximate surface area is 156 Å². The van der Waals surface area contributed by atoms with Gasteiger partial charge >= 0.3 is 0 Å². The van der Waals surface area contributed by atoms with Crippen molar-refractivity contribution in [3.63, 3.8) is 0 Å². The minimum Gasteiger partial charge on any atom is -0.374 e. The molecule has 4 rings (SSSR count). The van der Waals surface area contributed by atoms with Gasteiger partial charge in [-0.25, -0.2) is 0 Å². The molecule has 2 heterocycles. The highest BCUT2D eigenvalue weighted by atomic mass is 15.1. The highest BCUT2D eigenvalue weighted by Crippen LogP contribution is 2.38. The molecule has 0 N–H and O–H groups in total. The summed E-state index contributed by atoms with van der Waals surface area (Å²) in [6.07, 6.45) is 11.5. The summed E-state index contributed by atoms with van der Waals surface area (Å²) >= 11 is 0. The van der Waals surface area contributed by atoms with Crippen molar-refractivity contribution < 1.29 is 0 Å². The van der Waals surface area contributed by atoms with Crippen molar-refractivity contribution in [2.45, 2.75) is 19.8 Å². The summed E-state index contributed by atoms with van der Waals surface area (Å²) in [7, 11) is 0. The zero-order chi connectivity index (χ0) is 17.9. The van der Waals surface area contributed by atoms with E-state index < -0.39 is 0 Å². The predicted octanol–water partition coefficient (Wildman–Crippen LogP) is 3.60. The average Bonchev–Trinajstić information content (AvgIpc) is 2.69. The van der Waals surface area contributed by atoms with Crippen molar-refractivity contribution in [2.75, 3.05) is 24.5 Å². The summed E-state index contributed by atoms with van der Waals surface area (Å²) in [4.78, 5) is 4.68. The third kappa shape index (κ3) is 2.96. The molecule has 2 nitrogen and oxygen atoms in total. The van der Waals surface area contributed by atoms with Crippen LogP contribution in [0.3, 0.4) is 0 Å². The first kappa shape index (κ1) is 16.7. The molecule has 0 aliphatic carbocycles. The fourth-order valence-corrected chi connectivity index (χ4v) is 3.93. The minimum atomic E-state index is 0.275. The van der Waals surface area contributed by atoms with E-state index >= 15 is 0 Å². The van der Waals surface area contributed by atoms with Gasteiger partial charge in [0, 0.05) is 37.4 Å². The van der Waals surface area contributed by atoms with E-state index in [4.69, 9.17) is 0 Å². The first-order chi connectivity index (χ1) is 12.8. The Balaban J connectivity index is 1.95. The molecule has 0 saturated heterocycles. The highest BCUT2D eigenvalue weighted by Gasteiger charge is 2.22. The summed E-state index contributed by atoms with van der Waals surface area (Å²) < 4.78 is 0. The minimum absolute atomic E-state index is 0.275. The Hall–Kier alpha value is -2.74. The van der Waals surface area contributed by atoms with E-state index in [-0.39, 0.29) is 5.92 Å². The number of anilines is 1. The molecule has 2 aromatic rings. The smallest absolute Gasteiger partial charge is 0.0447 e. The molecule has 0 spiro atoms. The van der Waals surface area contributed by atoms with Crippen LogP contribution in [0.4, 0.5) is 5.69 Å². The Morgan fingerprint density at radius 3 is 2.58 bits per heavy atom. The Morgan fingerprint density at radius 1 is 0.923 bits per heavy atom. The lowest BCUT2D eigenvalue weighted by molar-refractivity contribution is 0.449. The number of benzene rings is 2. The molecular formula is C24H26N2. The van der Waals surface area contributed by atoms with Crippen molar-refractivity contribution in [3.05, 3.63) is 89.1 Å². The summed E-state index contributed by atoms with van der Waals surface area (Å²) in [5.41, 5.74) is 4.07. The summed E-state index contributed by atoms with van der Waals surface area (Å²) in [5, 5.41) is 2.67. The van der Waals surface area contributed by atoms with E-state index in [0.717, 1.165) is 19.6 Å². The molecule has 2 heteroatoms. The number of fused-ring (bicyclic) bond motifs is 2. The van der Waals surface area contributed by atoms with Crippen LogP contribution in [0.1, 0.15) is 25.3 Å². The molecule has 0 bridgehead atoms. The SMILES string of the molecule is CCN1\C=C/C(C2C=CN(CC)c3ccccc32)=c2/cccc/c2=C/C1. The van der Waals surface area contributed by atoms with Gasteiger partial charge in [-0.1, -0.05) is 54.6 Å². The van der Waals surface area contributed by atoms with Gasteiger partial charge in [-0.2, -0.15) is 0 Å². The molecule has 1 atom stereocenters. The zero-order valence-corrected chi connectivity index (χ0v) is 15.6. The molecular weight excluding hydrogens is 316 g/mol. The molecule has 0 radical (unpaired) electrons. The maximum atomic E-state index is 2.35. The molecule has 2 aliphatic rings. The van der Waals surface area contributed by atoms with Gasteiger partial charge in [0.15, 0.2) is 0 Å². The van der Waals surface area contributed by atoms with Gasteiger partial charge in [0.1, 0.15) is 0 Å². The van der Waals surface area contributed by atoms with E-state index in [0.29, 0.717) is 0 Å². The first-order valence-corrected chi connectivity index (χ1v) is 9.57. The number of allylic oxidation sites excluding steroid dienone is 2. The molecule has 0 fully saturated rings. The van der Waals surface area contributed by atoms with Crippen LogP contribution >= 0.6 is 0 Å². The number of hydrogen-bond donors (Lipinski definition) is 0. The molecule has 26 heavy (non-hydrogen) atoms. The van der Waals surface area contributed by atoms with E-state index in [1.54, 1.807) is 0 Å². The third-order valence-electron chi connectivity index (χ3n) is 5.40. The maximum absolute atomic E-state index is 2.35. The van der Waals surface area contributed by atoms with Gasteiger partial charge < -0.3 is 9.80 Å². The number of hydrogen-bond acceptors (Lipinski definition) is 2. The average molecular weight is 342 g/mol. The second kappa shape index (κ2) is 7.25. The zero-order valence-electron chi connectivity index (χ0n) is 15.6. The van der Waals surface area contributed by atoms with Gasteiger partial charge in [-0.05, 0) is 53.8 Å². The van der Waals surface area contributed by atoms with Crippen molar-refractivity contribution in [2.24, 2.45) is 0 Å². The molecule has 2 aromatic carbocycles. The van der Waals surface area contributed by atoms with Crippen LogP contribution in [0.15, 0.2) is 73.1 Å². The fraction of sp³-hybridized carbons (Fsp3) is 0.250. The van der Waals surface area contributed by atoms with E-state index in [1.165, 1.54) is 27.3 Å².